The van der Waals surface area contributed by atoms with E-state index in [1.807, 2.05) is 48.5 Å². The predicted octanol–water partition coefficient (Wildman–Crippen LogP) is 3.00. The van der Waals surface area contributed by atoms with Crippen LogP contribution in [0.2, 0.25) is 0 Å². The van der Waals surface area contributed by atoms with Crippen LogP contribution in [-0.4, -0.2) is 19.0 Å². The SMILES string of the molecule is C=CCNC(=O)CN(Cc1ccccc1)c1ccccc1. The summed E-state index contributed by atoms with van der Waals surface area (Å²) in [5.74, 6) is -0.00492. The molecule has 3 nitrogen and oxygen atoms in total. The highest BCUT2D eigenvalue weighted by molar-refractivity contribution is 5.81. The van der Waals surface area contributed by atoms with Crippen LogP contribution in [0.4, 0.5) is 5.69 Å². The largest absolute Gasteiger partial charge is 0.358 e. The summed E-state index contributed by atoms with van der Waals surface area (Å²) >= 11 is 0. The van der Waals surface area contributed by atoms with Crippen molar-refractivity contribution in [3.8, 4) is 0 Å². The number of carbonyl (C=O) groups is 1. The first-order valence-electron chi connectivity index (χ1n) is 7.01. The summed E-state index contributed by atoms with van der Waals surface area (Å²) in [4.78, 5) is 14.0. The first kappa shape index (κ1) is 14.9. The minimum Gasteiger partial charge on any atom is -0.358 e. The Kier molecular flexibility index (Phi) is 5.59. The molecule has 0 radical (unpaired) electrons. The van der Waals surface area contributed by atoms with Crippen LogP contribution in [0, 0.1) is 0 Å². The van der Waals surface area contributed by atoms with Crippen molar-refractivity contribution in [2.45, 2.75) is 6.54 Å². The van der Waals surface area contributed by atoms with Crippen LogP contribution in [0.5, 0.6) is 0 Å². The van der Waals surface area contributed by atoms with Gasteiger partial charge in [0.1, 0.15) is 0 Å². The molecule has 1 amide bonds. The summed E-state index contributed by atoms with van der Waals surface area (Å²) in [6, 6.07) is 20.1. The normalized spacial score (nSPS) is 9.90. The number of nitrogens with zero attached hydrogens (tertiary/aromatic N) is 1. The van der Waals surface area contributed by atoms with Crippen LogP contribution in [0.15, 0.2) is 73.3 Å². The van der Waals surface area contributed by atoms with Crippen molar-refractivity contribution < 1.29 is 4.79 Å². The summed E-state index contributed by atoms with van der Waals surface area (Å²) in [6.45, 7) is 5.13. The number of rotatable bonds is 7. The van der Waals surface area contributed by atoms with Crippen molar-refractivity contribution in [2.75, 3.05) is 18.0 Å². The number of hydrogen-bond donors (Lipinski definition) is 1. The third kappa shape index (κ3) is 4.80. The molecule has 0 saturated heterocycles. The lowest BCUT2D eigenvalue weighted by Crippen LogP contribution is -2.37. The molecule has 0 aliphatic carbocycles. The highest BCUT2D eigenvalue weighted by atomic mass is 16.2. The Morgan fingerprint density at radius 1 is 1.05 bits per heavy atom. The van der Waals surface area contributed by atoms with Gasteiger partial charge in [0.25, 0.3) is 0 Å². The minimum atomic E-state index is -0.00492. The molecule has 0 saturated carbocycles. The first-order valence-corrected chi connectivity index (χ1v) is 7.01. The van der Waals surface area contributed by atoms with E-state index >= 15 is 0 Å². The van der Waals surface area contributed by atoms with Gasteiger partial charge < -0.3 is 10.2 Å². The van der Waals surface area contributed by atoms with Crippen LogP contribution < -0.4 is 10.2 Å². The molecule has 0 bridgehead atoms. The van der Waals surface area contributed by atoms with Crippen molar-refractivity contribution in [2.24, 2.45) is 0 Å². The second-order valence-electron chi connectivity index (χ2n) is 4.77. The zero-order chi connectivity index (χ0) is 14.9. The van der Waals surface area contributed by atoms with E-state index in [2.05, 4.69) is 28.9 Å². The van der Waals surface area contributed by atoms with E-state index < -0.39 is 0 Å². The Labute approximate surface area is 125 Å². The lowest BCUT2D eigenvalue weighted by atomic mass is 10.2. The van der Waals surface area contributed by atoms with E-state index in [1.54, 1.807) is 6.08 Å². The molecule has 0 aromatic heterocycles. The molecule has 0 unspecified atom stereocenters. The van der Waals surface area contributed by atoms with Gasteiger partial charge in [-0.05, 0) is 17.7 Å². The molecule has 3 heteroatoms. The maximum atomic E-state index is 12.0. The minimum absolute atomic E-state index is 0.00492. The smallest absolute Gasteiger partial charge is 0.239 e. The molecule has 0 spiro atoms. The molecular weight excluding hydrogens is 260 g/mol. The highest BCUT2D eigenvalue weighted by Gasteiger charge is 2.11. The fourth-order valence-corrected chi connectivity index (χ4v) is 2.10. The second-order valence-corrected chi connectivity index (χ2v) is 4.77. The monoisotopic (exact) mass is 280 g/mol. The maximum absolute atomic E-state index is 12.0. The van der Waals surface area contributed by atoms with Gasteiger partial charge >= 0.3 is 0 Å². The molecular formula is C18H20N2O. The van der Waals surface area contributed by atoms with E-state index in [0.29, 0.717) is 19.6 Å². The van der Waals surface area contributed by atoms with Gasteiger partial charge in [0, 0.05) is 18.8 Å². The lowest BCUT2D eigenvalue weighted by Gasteiger charge is -2.24. The number of hydrogen-bond acceptors (Lipinski definition) is 2. The van der Waals surface area contributed by atoms with Gasteiger partial charge in [-0.25, -0.2) is 0 Å². The Balaban J connectivity index is 2.11. The molecule has 2 aromatic rings. The fourth-order valence-electron chi connectivity index (χ4n) is 2.10. The highest BCUT2D eigenvalue weighted by Crippen LogP contribution is 2.16. The third-order valence-electron chi connectivity index (χ3n) is 3.12. The van der Waals surface area contributed by atoms with Crippen molar-refractivity contribution in [3.05, 3.63) is 78.9 Å². The molecule has 1 N–H and O–H groups in total. The van der Waals surface area contributed by atoms with Gasteiger partial charge in [-0.15, -0.1) is 6.58 Å². The van der Waals surface area contributed by atoms with Crippen molar-refractivity contribution >= 4 is 11.6 Å². The zero-order valence-corrected chi connectivity index (χ0v) is 12.0. The van der Waals surface area contributed by atoms with Crippen molar-refractivity contribution in [1.29, 1.82) is 0 Å². The first-order chi connectivity index (χ1) is 10.3. The second kappa shape index (κ2) is 7.90. The van der Waals surface area contributed by atoms with Crippen LogP contribution in [0.25, 0.3) is 0 Å². The average Bonchev–Trinajstić information content (AvgIpc) is 2.54. The Morgan fingerprint density at radius 2 is 1.67 bits per heavy atom. The summed E-state index contributed by atoms with van der Waals surface area (Å²) < 4.78 is 0. The number of amides is 1. The Hall–Kier alpha value is -2.55. The van der Waals surface area contributed by atoms with E-state index in [-0.39, 0.29) is 5.91 Å². The van der Waals surface area contributed by atoms with E-state index in [9.17, 15) is 4.79 Å². The quantitative estimate of drug-likeness (QED) is 0.791. The molecule has 2 aromatic carbocycles. The van der Waals surface area contributed by atoms with Crippen LogP contribution >= 0.6 is 0 Å². The van der Waals surface area contributed by atoms with Crippen molar-refractivity contribution in [3.63, 3.8) is 0 Å². The van der Waals surface area contributed by atoms with E-state index in [1.165, 1.54) is 5.56 Å². The molecule has 108 valence electrons. The number of anilines is 1. The standard InChI is InChI=1S/C18H20N2O/c1-2-13-19-18(21)15-20(17-11-7-4-8-12-17)14-16-9-5-3-6-10-16/h2-12H,1,13-15H2,(H,19,21). The number of benzene rings is 2. The van der Waals surface area contributed by atoms with Gasteiger partial charge in [-0.3, -0.25) is 4.79 Å². The fraction of sp³-hybridized carbons (Fsp3) is 0.167. The van der Waals surface area contributed by atoms with E-state index in [0.717, 1.165) is 5.69 Å². The number of nitrogens with one attached hydrogen (secondary N) is 1. The van der Waals surface area contributed by atoms with Gasteiger partial charge in [-0.2, -0.15) is 0 Å². The Morgan fingerprint density at radius 3 is 2.29 bits per heavy atom. The number of carbonyl (C=O) groups excluding carboxylic acids is 1. The average molecular weight is 280 g/mol. The molecule has 0 aliphatic rings. The van der Waals surface area contributed by atoms with Crippen LogP contribution in [0.1, 0.15) is 5.56 Å². The number of para-hydroxylation sites is 1. The van der Waals surface area contributed by atoms with Gasteiger partial charge in [0.2, 0.25) is 5.91 Å². The maximum Gasteiger partial charge on any atom is 0.239 e. The summed E-state index contributed by atoms with van der Waals surface area (Å²) in [5.41, 5.74) is 2.22. The zero-order valence-electron chi connectivity index (χ0n) is 12.0. The lowest BCUT2D eigenvalue weighted by molar-refractivity contribution is -0.119. The Bertz CT molecular complexity index is 566. The van der Waals surface area contributed by atoms with Crippen LogP contribution in [-0.2, 0) is 11.3 Å². The molecule has 0 aliphatic heterocycles. The van der Waals surface area contributed by atoms with Gasteiger partial charge in [-0.1, -0.05) is 54.6 Å². The summed E-state index contributed by atoms with van der Waals surface area (Å²) in [6.07, 6.45) is 1.68. The summed E-state index contributed by atoms with van der Waals surface area (Å²) in [7, 11) is 0. The van der Waals surface area contributed by atoms with Gasteiger partial charge in [0.05, 0.1) is 6.54 Å². The van der Waals surface area contributed by atoms with Crippen molar-refractivity contribution in [1.82, 2.24) is 5.32 Å². The molecule has 21 heavy (non-hydrogen) atoms. The molecule has 0 fully saturated rings. The van der Waals surface area contributed by atoms with Gasteiger partial charge in [0.15, 0.2) is 0 Å². The summed E-state index contributed by atoms with van der Waals surface area (Å²) in [5, 5.41) is 2.82. The van der Waals surface area contributed by atoms with E-state index in [4.69, 9.17) is 0 Å². The molecule has 2 rings (SSSR count). The predicted molar refractivity (Wildman–Crippen MR) is 87.1 cm³/mol. The third-order valence-corrected chi connectivity index (χ3v) is 3.12. The molecule has 0 atom stereocenters. The topological polar surface area (TPSA) is 32.3 Å². The van der Waals surface area contributed by atoms with Crippen LogP contribution in [0.3, 0.4) is 0 Å². The molecule has 0 heterocycles.